The first-order chi connectivity index (χ1) is 14.9. The van der Waals surface area contributed by atoms with Crippen LogP contribution in [-0.2, 0) is 20.8 Å². The molecule has 1 atom stereocenters. The maximum Gasteiger partial charge on any atom is 0.331 e. The molecule has 0 aliphatic carbocycles. The summed E-state index contributed by atoms with van der Waals surface area (Å²) in [5, 5.41) is 2.79. The number of nitrogens with one attached hydrogen (secondary N) is 1. The molecule has 1 unspecified atom stereocenters. The molecule has 158 valence electrons. The van der Waals surface area contributed by atoms with E-state index in [0.29, 0.717) is 48.4 Å². The van der Waals surface area contributed by atoms with Crippen LogP contribution in [0.1, 0.15) is 42.1 Å². The highest BCUT2D eigenvalue weighted by molar-refractivity contribution is 6.11. The highest BCUT2D eigenvalue weighted by Crippen LogP contribution is 2.43. The van der Waals surface area contributed by atoms with Crippen LogP contribution >= 0.6 is 0 Å². The van der Waals surface area contributed by atoms with Gasteiger partial charge in [0.25, 0.3) is 5.91 Å². The topological polar surface area (TPSA) is 96.0 Å². The van der Waals surface area contributed by atoms with Crippen molar-refractivity contribution >= 4 is 35.1 Å². The lowest BCUT2D eigenvalue weighted by molar-refractivity contribution is -0.136. The highest BCUT2D eigenvalue weighted by Gasteiger charge is 2.53. The van der Waals surface area contributed by atoms with Gasteiger partial charge in [0.05, 0.1) is 11.3 Å². The average molecular weight is 419 g/mol. The molecule has 1 fully saturated rings. The summed E-state index contributed by atoms with van der Waals surface area (Å²) in [6, 6.07) is 12.0. The standard InChI is InChI=1S/C23H21N3O5/c1-23-11-10-20(28)26(23)18-5-3-2-4-16(18)22(30)25(23)13-21(29)31-15-7-8-17-14(12-15)6-9-19(27)24-17/h2-5,7-8,12H,6,9-11,13H2,1H3,(H,24,27). The maximum absolute atomic E-state index is 13.2. The fourth-order valence-corrected chi connectivity index (χ4v) is 4.66. The molecular weight excluding hydrogens is 398 g/mol. The minimum atomic E-state index is -0.915. The molecule has 1 saturated heterocycles. The minimum absolute atomic E-state index is 0.0370. The Bertz CT molecular complexity index is 1140. The number of benzene rings is 2. The molecule has 0 aromatic heterocycles. The van der Waals surface area contributed by atoms with E-state index in [4.69, 9.17) is 4.74 Å². The van der Waals surface area contributed by atoms with Crippen LogP contribution in [0, 0.1) is 0 Å². The molecule has 0 radical (unpaired) electrons. The van der Waals surface area contributed by atoms with Crippen molar-refractivity contribution in [2.75, 3.05) is 16.8 Å². The van der Waals surface area contributed by atoms with Crippen molar-refractivity contribution in [2.24, 2.45) is 0 Å². The summed E-state index contributed by atoms with van der Waals surface area (Å²) in [4.78, 5) is 53.2. The largest absolute Gasteiger partial charge is 0.425 e. The van der Waals surface area contributed by atoms with E-state index in [9.17, 15) is 19.2 Å². The second kappa shape index (κ2) is 6.94. The van der Waals surface area contributed by atoms with Gasteiger partial charge in [-0.25, -0.2) is 4.79 Å². The number of anilines is 2. The van der Waals surface area contributed by atoms with Gasteiger partial charge in [0, 0.05) is 18.5 Å². The number of fused-ring (bicyclic) bond motifs is 4. The normalized spacial score (nSPS) is 21.9. The third kappa shape index (κ3) is 3.06. The molecular formula is C23H21N3O5. The predicted molar refractivity (Wildman–Crippen MR) is 112 cm³/mol. The molecule has 8 nitrogen and oxygen atoms in total. The number of hydrogen-bond donors (Lipinski definition) is 1. The number of carbonyl (C=O) groups is 4. The predicted octanol–water partition coefficient (Wildman–Crippen LogP) is 2.48. The van der Waals surface area contributed by atoms with Crippen molar-refractivity contribution in [1.82, 2.24) is 4.90 Å². The van der Waals surface area contributed by atoms with E-state index in [-0.39, 0.29) is 24.3 Å². The highest BCUT2D eigenvalue weighted by atomic mass is 16.5. The third-order valence-corrected chi connectivity index (χ3v) is 6.24. The molecule has 3 aliphatic heterocycles. The van der Waals surface area contributed by atoms with Gasteiger partial charge in [0.15, 0.2) is 0 Å². The Kier molecular flexibility index (Phi) is 4.32. The lowest BCUT2D eigenvalue weighted by atomic mass is 9.98. The summed E-state index contributed by atoms with van der Waals surface area (Å²) in [7, 11) is 0. The summed E-state index contributed by atoms with van der Waals surface area (Å²) in [6.45, 7) is 1.53. The summed E-state index contributed by atoms with van der Waals surface area (Å²) >= 11 is 0. The van der Waals surface area contributed by atoms with Gasteiger partial charge in [-0.2, -0.15) is 0 Å². The fraction of sp³-hybridized carbons (Fsp3) is 0.304. The Balaban J connectivity index is 1.39. The summed E-state index contributed by atoms with van der Waals surface area (Å²) < 4.78 is 5.52. The van der Waals surface area contributed by atoms with Crippen LogP contribution < -0.4 is 15.0 Å². The van der Waals surface area contributed by atoms with Crippen LogP contribution in [0.15, 0.2) is 42.5 Å². The molecule has 2 aromatic rings. The zero-order chi connectivity index (χ0) is 21.8. The lowest BCUT2D eigenvalue weighted by Gasteiger charge is -2.48. The maximum atomic E-state index is 13.2. The van der Waals surface area contributed by atoms with E-state index >= 15 is 0 Å². The average Bonchev–Trinajstić information content (AvgIpc) is 3.06. The van der Waals surface area contributed by atoms with Gasteiger partial charge in [0.1, 0.15) is 18.0 Å². The van der Waals surface area contributed by atoms with Crippen LogP contribution in [-0.4, -0.2) is 40.8 Å². The van der Waals surface area contributed by atoms with Gasteiger partial charge in [0.2, 0.25) is 11.8 Å². The van der Waals surface area contributed by atoms with Gasteiger partial charge >= 0.3 is 5.97 Å². The minimum Gasteiger partial charge on any atom is -0.425 e. The van der Waals surface area contributed by atoms with E-state index in [2.05, 4.69) is 5.32 Å². The molecule has 3 aliphatic rings. The molecule has 0 spiro atoms. The molecule has 1 N–H and O–H groups in total. The monoisotopic (exact) mass is 419 g/mol. The summed E-state index contributed by atoms with van der Waals surface area (Å²) in [5.74, 6) is -0.640. The number of nitrogens with zero attached hydrogens (tertiary/aromatic N) is 2. The molecule has 0 bridgehead atoms. The molecule has 5 rings (SSSR count). The van der Waals surface area contributed by atoms with E-state index in [1.165, 1.54) is 4.90 Å². The smallest absolute Gasteiger partial charge is 0.331 e. The number of rotatable bonds is 3. The molecule has 3 heterocycles. The number of aryl methyl sites for hydroxylation is 1. The van der Waals surface area contributed by atoms with Crippen LogP contribution in [0.2, 0.25) is 0 Å². The van der Waals surface area contributed by atoms with Gasteiger partial charge in [-0.3, -0.25) is 19.3 Å². The second-order valence-electron chi connectivity index (χ2n) is 8.20. The Morgan fingerprint density at radius 3 is 2.74 bits per heavy atom. The second-order valence-corrected chi connectivity index (χ2v) is 8.20. The first kappa shape index (κ1) is 19.3. The van der Waals surface area contributed by atoms with Gasteiger partial charge < -0.3 is 15.0 Å². The van der Waals surface area contributed by atoms with Crippen LogP contribution in [0.25, 0.3) is 0 Å². The Morgan fingerprint density at radius 1 is 1.10 bits per heavy atom. The molecule has 31 heavy (non-hydrogen) atoms. The van der Waals surface area contributed by atoms with Gasteiger partial charge in [-0.15, -0.1) is 0 Å². The Hall–Kier alpha value is -3.68. The summed E-state index contributed by atoms with van der Waals surface area (Å²) in [5.41, 5.74) is 1.67. The number of para-hydroxylation sites is 1. The van der Waals surface area contributed by atoms with Crippen LogP contribution in [0.3, 0.4) is 0 Å². The molecule has 3 amide bonds. The third-order valence-electron chi connectivity index (χ3n) is 6.24. The van der Waals surface area contributed by atoms with Crippen molar-refractivity contribution in [3.05, 3.63) is 53.6 Å². The lowest BCUT2D eigenvalue weighted by Crippen LogP contribution is -2.63. The van der Waals surface area contributed by atoms with E-state index in [1.807, 2.05) is 0 Å². The van der Waals surface area contributed by atoms with E-state index in [0.717, 1.165) is 5.56 Å². The van der Waals surface area contributed by atoms with Gasteiger partial charge in [-0.05, 0) is 55.7 Å². The number of esters is 1. The Morgan fingerprint density at radius 2 is 1.90 bits per heavy atom. The molecule has 2 aromatic carbocycles. The zero-order valence-corrected chi connectivity index (χ0v) is 17.0. The van der Waals surface area contributed by atoms with E-state index < -0.39 is 11.6 Å². The van der Waals surface area contributed by atoms with Crippen molar-refractivity contribution in [2.45, 2.75) is 38.3 Å². The first-order valence-corrected chi connectivity index (χ1v) is 10.2. The fourth-order valence-electron chi connectivity index (χ4n) is 4.66. The number of amides is 3. The quantitative estimate of drug-likeness (QED) is 0.609. The molecule has 8 heteroatoms. The SMILES string of the molecule is CC12CCC(=O)N1c1ccccc1C(=O)N2CC(=O)Oc1ccc2c(c1)CCC(=O)N2. The number of carbonyl (C=O) groups excluding carboxylic acids is 4. The Labute approximate surface area is 178 Å². The number of hydrogen-bond acceptors (Lipinski definition) is 5. The number of ether oxygens (including phenoxy) is 1. The van der Waals surface area contributed by atoms with Crippen molar-refractivity contribution in [1.29, 1.82) is 0 Å². The van der Waals surface area contributed by atoms with E-state index in [1.54, 1.807) is 54.3 Å². The summed E-state index contributed by atoms with van der Waals surface area (Å²) in [6.07, 6.45) is 1.70. The van der Waals surface area contributed by atoms with Crippen molar-refractivity contribution in [3.8, 4) is 5.75 Å². The van der Waals surface area contributed by atoms with Crippen LogP contribution in [0.4, 0.5) is 11.4 Å². The van der Waals surface area contributed by atoms with Crippen LogP contribution in [0.5, 0.6) is 5.75 Å². The molecule has 0 saturated carbocycles. The first-order valence-electron chi connectivity index (χ1n) is 10.2. The van der Waals surface area contributed by atoms with Gasteiger partial charge in [-0.1, -0.05) is 12.1 Å². The van der Waals surface area contributed by atoms with Crippen molar-refractivity contribution in [3.63, 3.8) is 0 Å². The zero-order valence-electron chi connectivity index (χ0n) is 17.0. The van der Waals surface area contributed by atoms with Crippen molar-refractivity contribution < 1.29 is 23.9 Å².